The summed E-state index contributed by atoms with van der Waals surface area (Å²) in [6, 6.07) is 7.42. The van der Waals surface area contributed by atoms with Gasteiger partial charge in [0.25, 0.3) is 0 Å². The number of nitrogens with two attached hydrogens (primary N) is 1. The number of alkyl carbamates (subject to hydrolysis) is 1. The molecule has 11 amide bonds. The Morgan fingerprint density at radius 2 is 1.32 bits per heavy atom. The smallest absolute Gasteiger partial charge is 0.411 e. The molecule has 38 nitrogen and oxygen atoms in total. The summed E-state index contributed by atoms with van der Waals surface area (Å²) < 4.78 is 75.0. The van der Waals surface area contributed by atoms with E-state index in [1.807, 2.05) is 70.3 Å². The minimum Gasteiger partial charge on any atom is -0.445 e. The SMILES string of the molecule is CC[C@H](C)[C@@H]([C@@H](CC(=O)N1CCC[C@H]1[C@H](OC)[C@@H](C)C(=O)N[C@@H](Cc1ccccc1)c1nccs1)OC)N(C)C(=O)[C@@H](NC(=O)[C@@H]1[C@H]2CC[C@H](C2)N1C(=O)OCc1ccc(NC(=O)[C@H](CCCNC(N)=O)NC(=O)[C@@H](NC(=O)OC(C)(C)C)C(C)C)cc1CN(C)C(=O)OCc1cn(CCOCCOCCOCCOCCOCCOCCOCCOC)nn1)C(C)C. The maximum absolute atomic E-state index is 15.3. The third kappa shape index (κ3) is 34.9. The first kappa shape index (κ1) is 106. The molecule has 0 unspecified atom stereocenters. The van der Waals surface area contributed by atoms with E-state index in [-0.39, 0.29) is 93.6 Å². The summed E-state index contributed by atoms with van der Waals surface area (Å²) in [5.74, 6) is -4.86. The van der Waals surface area contributed by atoms with Gasteiger partial charge in [0.15, 0.2) is 0 Å². The van der Waals surface area contributed by atoms with Crippen molar-refractivity contribution in [1.29, 1.82) is 0 Å². The fraction of sp³-hybridized carbons (Fsp3) is 0.697. The molecule has 4 heterocycles. The first-order valence-corrected chi connectivity index (χ1v) is 45.4. The van der Waals surface area contributed by atoms with Crippen molar-refractivity contribution in [2.45, 2.75) is 226 Å². The van der Waals surface area contributed by atoms with Gasteiger partial charge in [-0.1, -0.05) is 96.5 Å². The number of carbonyl (C=O) groups is 10. The van der Waals surface area contributed by atoms with Crippen molar-refractivity contribution in [3.8, 4) is 0 Å². The van der Waals surface area contributed by atoms with Gasteiger partial charge in [0.1, 0.15) is 53.7 Å². The molecule has 2 bridgehead atoms. The number of anilines is 1. The van der Waals surface area contributed by atoms with Crippen LogP contribution < -0.4 is 37.6 Å². The number of methoxy groups -OCH3 is 3. The van der Waals surface area contributed by atoms with Crippen LogP contribution in [-0.4, -0.2) is 307 Å². The molecular formula is C89H141N15O23S. The molecule has 128 heavy (non-hydrogen) atoms. The van der Waals surface area contributed by atoms with E-state index in [0.717, 1.165) is 10.6 Å². The van der Waals surface area contributed by atoms with Gasteiger partial charge in [0, 0.05) is 78.4 Å². The number of piperidine rings is 1. The Hall–Kier alpha value is -9.29. The molecule has 7 rings (SSSR count). The summed E-state index contributed by atoms with van der Waals surface area (Å²) in [7, 11) is 7.84. The first-order valence-electron chi connectivity index (χ1n) is 44.5. The van der Waals surface area contributed by atoms with Crippen LogP contribution in [0.25, 0.3) is 0 Å². The second kappa shape index (κ2) is 55.7. The van der Waals surface area contributed by atoms with Crippen molar-refractivity contribution in [3.05, 3.63) is 93.7 Å². The molecule has 3 aliphatic rings. The van der Waals surface area contributed by atoms with E-state index in [4.69, 9.17) is 67.3 Å². The maximum atomic E-state index is 15.3. The van der Waals surface area contributed by atoms with E-state index >= 15 is 9.59 Å². The molecule has 716 valence electrons. The molecule has 4 aromatic rings. The lowest BCUT2D eigenvalue weighted by Gasteiger charge is -2.41. The number of likely N-dealkylation sites (tertiary alicyclic amines) is 2. The zero-order valence-electron chi connectivity index (χ0n) is 77.4. The number of rotatable bonds is 59. The lowest BCUT2D eigenvalue weighted by atomic mass is 9.89. The van der Waals surface area contributed by atoms with Crippen molar-refractivity contribution in [2.24, 2.45) is 35.3 Å². The number of hydrogen-bond acceptors (Lipinski definition) is 27. The lowest BCUT2D eigenvalue weighted by molar-refractivity contribution is -0.148. The summed E-state index contributed by atoms with van der Waals surface area (Å²) in [6.07, 6.45) is 3.64. The highest BCUT2D eigenvalue weighted by Gasteiger charge is 2.53. The maximum Gasteiger partial charge on any atom is 0.411 e. The molecule has 8 N–H and O–H groups in total. The molecule has 2 aromatic carbocycles. The summed E-state index contributed by atoms with van der Waals surface area (Å²) in [5, 5.41) is 28.0. The monoisotopic (exact) mass is 1820 g/mol. The van der Waals surface area contributed by atoms with E-state index in [0.29, 0.717) is 167 Å². The van der Waals surface area contributed by atoms with Crippen LogP contribution >= 0.6 is 11.3 Å². The Labute approximate surface area is 756 Å². The average Bonchev–Trinajstić information content (AvgIpc) is 1.61. The number of ether oxygens (including phenoxy) is 13. The first-order chi connectivity index (χ1) is 61.4. The third-order valence-electron chi connectivity index (χ3n) is 22.7. The fourth-order valence-corrected chi connectivity index (χ4v) is 16.6. The Bertz CT molecular complexity index is 4030. The Kier molecular flexibility index (Phi) is 46.0. The fourth-order valence-electron chi connectivity index (χ4n) is 15.9. The van der Waals surface area contributed by atoms with E-state index in [2.05, 4.69) is 47.2 Å². The van der Waals surface area contributed by atoms with Crippen molar-refractivity contribution in [1.82, 2.24) is 66.2 Å². The van der Waals surface area contributed by atoms with Crippen LogP contribution in [0.5, 0.6) is 0 Å². The zero-order valence-corrected chi connectivity index (χ0v) is 78.2. The topological polar surface area (TPSA) is 445 Å². The predicted molar refractivity (Wildman–Crippen MR) is 474 cm³/mol. The number of nitrogens with one attached hydrogen (secondary N) is 6. The molecule has 2 aromatic heterocycles. The van der Waals surface area contributed by atoms with Crippen LogP contribution in [0.1, 0.15) is 160 Å². The number of likely N-dealkylation sites (N-methyl/N-ethyl adjacent to an activating group) is 1. The number of amides is 11. The number of hydrogen-bond donors (Lipinski definition) is 7. The van der Waals surface area contributed by atoms with Gasteiger partial charge < -0.3 is 114 Å². The number of carbonyl (C=O) groups excluding carboxylic acids is 10. The largest absolute Gasteiger partial charge is 0.445 e. The molecule has 3 fully saturated rings. The molecule has 0 radical (unpaired) electrons. The van der Waals surface area contributed by atoms with Crippen molar-refractivity contribution in [3.63, 3.8) is 0 Å². The molecule has 1 aliphatic carbocycles. The van der Waals surface area contributed by atoms with E-state index < -0.39 is 120 Å². The standard InChI is InChI=1S/C89H141N15O23S/c1-16-60(6)76(72(116-14)53-73(105)103-32-21-25-71(103)78(117-15)61(7)79(106)95-70(83-91-31-49-128-83)50-62-22-18-17-19-23-62)101(12)84(110)75(59(4)5)96-82(109)77-63-27-29-68(52-63)104(77)88(114)125-56-64-26-28-66(93-80(107)69(24-20-30-92-85(90)111)94-81(108)74(58(2)3)97-86(112)127-89(8,9)10)51-65(64)54-100(11)87(113)126-57-67-55-102(99-98-67)33-34-118-37-38-120-41-42-122-45-46-124-48-47-123-44-43-121-40-39-119-36-35-115-13/h17-19,22-23,26,28,31,49,51,55,58-61,63,68-72,74-78H,16,20-21,24-25,27,29-30,32-48,50,52-54,56-57H2,1-15H3,(H,93,107)(H,94,108)(H,95,106)(H,96,109)(H,97,112)(H3,90,92,111)/t60-,61+,63-,68+,69-,70-,71-,72+,74-,75-,76-,77-,78+/m0/s1. The average molecular weight is 1820 g/mol. The summed E-state index contributed by atoms with van der Waals surface area (Å²) in [6.45, 7) is 24.3. The Morgan fingerprint density at radius 3 is 1.90 bits per heavy atom. The predicted octanol–water partition coefficient (Wildman–Crippen LogP) is 7.34. The highest BCUT2D eigenvalue weighted by Crippen LogP contribution is 2.43. The van der Waals surface area contributed by atoms with Crippen LogP contribution in [0.4, 0.5) is 24.9 Å². The lowest BCUT2D eigenvalue weighted by Crippen LogP contribution is -2.60. The molecule has 39 heteroatoms. The summed E-state index contributed by atoms with van der Waals surface area (Å²) >= 11 is 1.46. The molecule has 1 saturated carbocycles. The van der Waals surface area contributed by atoms with Crippen LogP contribution in [0.15, 0.2) is 66.3 Å². The number of urea groups is 1. The number of aromatic nitrogens is 4. The molecule has 13 atom stereocenters. The van der Waals surface area contributed by atoms with Gasteiger partial charge in [0.2, 0.25) is 35.4 Å². The van der Waals surface area contributed by atoms with Gasteiger partial charge in [-0.3, -0.25) is 33.7 Å². The minimum absolute atomic E-state index is 0.00297. The van der Waals surface area contributed by atoms with Crippen molar-refractivity contribution >= 4 is 76.8 Å². The summed E-state index contributed by atoms with van der Waals surface area (Å²) in [4.78, 5) is 152. The number of thiazole rings is 1. The normalized spacial score (nSPS) is 17.6. The minimum atomic E-state index is -1.24. The van der Waals surface area contributed by atoms with E-state index in [9.17, 15) is 38.4 Å². The second-order valence-electron chi connectivity index (χ2n) is 34.1. The van der Waals surface area contributed by atoms with Gasteiger partial charge >= 0.3 is 24.3 Å². The van der Waals surface area contributed by atoms with Crippen LogP contribution in [0.3, 0.4) is 0 Å². The Balaban J connectivity index is 0.985. The van der Waals surface area contributed by atoms with Gasteiger partial charge in [-0.2, -0.15) is 0 Å². The van der Waals surface area contributed by atoms with Crippen LogP contribution in [-0.2, 0) is 123 Å². The van der Waals surface area contributed by atoms with E-state index in [1.165, 1.54) is 35.3 Å². The number of benzene rings is 2. The van der Waals surface area contributed by atoms with Gasteiger partial charge in [-0.25, -0.2) is 28.8 Å². The Morgan fingerprint density at radius 1 is 0.688 bits per heavy atom. The van der Waals surface area contributed by atoms with Crippen LogP contribution in [0, 0.1) is 29.6 Å². The summed E-state index contributed by atoms with van der Waals surface area (Å²) in [5.41, 5.74) is 6.81. The van der Waals surface area contributed by atoms with Gasteiger partial charge in [-0.15, -0.1) is 16.4 Å². The molecular weight excluding hydrogens is 1680 g/mol. The zero-order chi connectivity index (χ0) is 93.2. The van der Waals surface area contributed by atoms with Crippen molar-refractivity contribution < 1.29 is 110 Å². The van der Waals surface area contributed by atoms with Gasteiger partial charge in [0.05, 0.1) is 155 Å². The number of fused-ring (bicyclic) bond motifs is 2. The highest BCUT2D eigenvalue weighted by molar-refractivity contribution is 7.09. The van der Waals surface area contributed by atoms with Gasteiger partial charge in [-0.05, 0) is 125 Å². The van der Waals surface area contributed by atoms with Crippen molar-refractivity contribution in [2.75, 3.05) is 153 Å². The molecule has 2 saturated heterocycles. The quantitative estimate of drug-likeness (QED) is 0.0168. The number of primary amides is 1. The van der Waals surface area contributed by atoms with E-state index in [1.54, 1.807) is 101 Å². The third-order valence-corrected chi connectivity index (χ3v) is 23.6. The molecule has 0 spiro atoms. The highest BCUT2D eigenvalue weighted by atomic mass is 32.1. The van der Waals surface area contributed by atoms with Crippen LogP contribution in [0.2, 0.25) is 0 Å². The number of nitrogens with zero attached hydrogens (tertiary/aromatic N) is 8. The second-order valence-corrected chi connectivity index (χ2v) is 35.0. The molecule has 2 aliphatic heterocycles.